The Morgan fingerprint density at radius 2 is 1.89 bits per heavy atom. The van der Waals surface area contributed by atoms with Crippen LogP contribution in [0.15, 0.2) is 41.4 Å². The Bertz CT molecular complexity index is 1430. The number of amides is 2. The number of nitrogens with zero attached hydrogens (tertiary/aromatic N) is 4. The van der Waals surface area contributed by atoms with E-state index in [1.54, 1.807) is 29.0 Å². The standard InChI is InChI=1S/C22H25N7O5S/c1-13(30)27-29-19(31)17-11-14-12-24-21(25-15-5-7-16(8-6-15)35(23,33)34)26-18(14)28(17)22(20(29)32)9-3-2-4-10-22/h5-8,11-12,19,31H,2-4,9-10H2,1H3,(H,27,30)(H2,23,33,34)(H,24,25,26). The van der Waals surface area contributed by atoms with Crippen molar-refractivity contribution in [3.63, 3.8) is 0 Å². The van der Waals surface area contributed by atoms with E-state index in [0.717, 1.165) is 24.3 Å². The molecule has 1 spiro atoms. The number of aliphatic hydroxyl groups excluding tert-OH is 1. The van der Waals surface area contributed by atoms with Crippen molar-refractivity contribution in [1.29, 1.82) is 0 Å². The quantitative estimate of drug-likeness (QED) is 0.416. The number of benzene rings is 1. The lowest BCUT2D eigenvalue weighted by atomic mass is 9.79. The molecule has 0 saturated heterocycles. The van der Waals surface area contributed by atoms with Crippen LogP contribution < -0.4 is 15.9 Å². The van der Waals surface area contributed by atoms with Crippen LogP contribution in [0.4, 0.5) is 11.6 Å². The van der Waals surface area contributed by atoms with Crippen LogP contribution in [0.2, 0.25) is 0 Å². The number of aliphatic hydroxyl groups is 1. The van der Waals surface area contributed by atoms with Crippen molar-refractivity contribution in [3.05, 3.63) is 42.2 Å². The van der Waals surface area contributed by atoms with Gasteiger partial charge in [0, 0.05) is 24.2 Å². The minimum absolute atomic E-state index is 0.0180. The molecule has 1 aliphatic carbocycles. The number of carbonyl (C=O) groups is 2. The number of anilines is 2. The molecule has 3 aromatic rings. The number of carbonyl (C=O) groups excluding carboxylic acids is 2. The van der Waals surface area contributed by atoms with Crippen LogP contribution in [0, 0.1) is 0 Å². The summed E-state index contributed by atoms with van der Waals surface area (Å²) in [7, 11) is -3.81. The van der Waals surface area contributed by atoms with Gasteiger partial charge in [-0.25, -0.2) is 23.5 Å². The van der Waals surface area contributed by atoms with Gasteiger partial charge in [-0.05, 0) is 43.2 Å². The first-order valence-corrected chi connectivity index (χ1v) is 12.7. The first-order valence-electron chi connectivity index (χ1n) is 11.2. The van der Waals surface area contributed by atoms with Gasteiger partial charge in [-0.1, -0.05) is 19.3 Å². The maximum Gasteiger partial charge on any atom is 0.270 e. The zero-order valence-corrected chi connectivity index (χ0v) is 19.7. The van der Waals surface area contributed by atoms with Crippen LogP contribution in [0.1, 0.15) is 50.9 Å². The van der Waals surface area contributed by atoms with Crippen molar-refractivity contribution in [2.24, 2.45) is 5.14 Å². The van der Waals surface area contributed by atoms with Crippen molar-refractivity contribution in [2.45, 2.75) is 55.7 Å². The SMILES string of the molecule is CC(=O)NN1C(=O)C2(CCCCC2)n2c(cc3cnc(Nc4ccc(S(N)(=O)=O)cc4)nc32)C1O. The highest BCUT2D eigenvalue weighted by Gasteiger charge is 2.52. The number of primary sulfonamides is 1. The topological polar surface area (TPSA) is 173 Å². The summed E-state index contributed by atoms with van der Waals surface area (Å²) in [6.45, 7) is 1.29. The average molecular weight is 500 g/mol. The molecule has 184 valence electrons. The molecule has 2 aromatic heterocycles. The Morgan fingerprint density at radius 3 is 2.51 bits per heavy atom. The molecule has 1 atom stereocenters. The number of hydrogen-bond acceptors (Lipinski definition) is 8. The molecule has 1 saturated carbocycles. The Hall–Kier alpha value is -3.55. The Balaban J connectivity index is 1.59. The summed E-state index contributed by atoms with van der Waals surface area (Å²) in [5.74, 6) is -0.594. The van der Waals surface area contributed by atoms with E-state index < -0.39 is 27.7 Å². The third-order valence-electron chi connectivity index (χ3n) is 6.52. The van der Waals surface area contributed by atoms with Gasteiger partial charge < -0.3 is 15.0 Å². The zero-order chi connectivity index (χ0) is 25.0. The summed E-state index contributed by atoms with van der Waals surface area (Å²) in [5, 5.41) is 20.8. The second-order valence-corrected chi connectivity index (χ2v) is 10.4. The number of fused-ring (bicyclic) bond motifs is 4. The highest BCUT2D eigenvalue weighted by atomic mass is 32.2. The number of hydrogen-bond donors (Lipinski definition) is 4. The normalized spacial score (nSPS) is 19.6. The highest BCUT2D eigenvalue weighted by molar-refractivity contribution is 7.89. The Kier molecular flexibility index (Phi) is 5.49. The lowest BCUT2D eigenvalue weighted by Gasteiger charge is -2.47. The largest absolute Gasteiger partial charge is 0.367 e. The Morgan fingerprint density at radius 1 is 1.20 bits per heavy atom. The third kappa shape index (κ3) is 3.90. The molecule has 13 heteroatoms. The van der Waals surface area contributed by atoms with Gasteiger partial charge in [0.2, 0.25) is 21.9 Å². The van der Waals surface area contributed by atoms with Crippen molar-refractivity contribution in [2.75, 3.05) is 5.32 Å². The van der Waals surface area contributed by atoms with Crippen molar-refractivity contribution in [3.8, 4) is 0 Å². The summed E-state index contributed by atoms with van der Waals surface area (Å²) < 4.78 is 24.8. The van der Waals surface area contributed by atoms with Gasteiger partial charge in [-0.2, -0.15) is 4.98 Å². The van der Waals surface area contributed by atoms with Crippen LogP contribution in [0.5, 0.6) is 0 Å². The predicted molar refractivity (Wildman–Crippen MR) is 125 cm³/mol. The minimum Gasteiger partial charge on any atom is -0.367 e. The first-order chi connectivity index (χ1) is 16.6. The summed E-state index contributed by atoms with van der Waals surface area (Å²) in [4.78, 5) is 34.4. The van der Waals surface area contributed by atoms with Crippen LogP contribution in [-0.2, 0) is 25.2 Å². The number of hydrazine groups is 1. The van der Waals surface area contributed by atoms with Crippen molar-refractivity contribution >= 4 is 44.5 Å². The lowest BCUT2D eigenvalue weighted by Crippen LogP contribution is -2.62. The van der Waals surface area contributed by atoms with Crippen LogP contribution in [0.25, 0.3) is 11.0 Å². The van der Waals surface area contributed by atoms with Gasteiger partial charge in [0.1, 0.15) is 11.2 Å². The van der Waals surface area contributed by atoms with Crippen molar-refractivity contribution in [1.82, 2.24) is 25.0 Å². The molecule has 1 unspecified atom stereocenters. The molecule has 12 nitrogen and oxygen atoms in total. The van der Waals surface area contributed by atoms with E-state index in [4.69, 9.17) is 5.14 Å². The van der Waals surface area contributed by atoms with E-state index in [-0.39, 0.29) is 16.8 Å². The van der Waals surface area contributed by atoms with Gasteiger partial charge >= 0.3 is 0 Å². The molecule has 5 N–H and O–H groups in total. The predicted octanol–water partition coefficient (Wildman–Crippen LogP) is 1.37. The fourth-order valence-electron chi connectivity index (χ4n) is 4.99. The van der Waals surface area contributed by atoms with E-state index in [0.29, 0.717) is 35.3 Å². The molecule has 1 fully saturated rings. The molecule has 2 amide bonds. The number of aromatic nitrogens is 3. The van der Waals surface area contributed by atoms with E-state index >= 15 is 0 Å². The molecule has 5 rings (SSSR count). The van der Waals surface area contributed by atoms with Gasteiger partial charge in [0.25, 0.3) is 5.91 Å². The second-order valence-electron chi connectivity index (χ2n) is 8.88. The van der Waals surface area contributed by atoms with E-state index in [2.05, 4.69) is 20.7 Å². The van der Waals surface area contributed by atoms with E-state index in [1.165, 1.54) is 19.1 Å². The zero-order valence-electron chi connectivity index (χ0n) is 18.9. The van der Waals surface area contributed by atoms with Crippen LogP contribution >= 0.6 is 0 Å². The second kappa shape index (κ2) is 8.29. The van der Waals surface area contributed by atoms with Gasteiger partial charge in [0.15, 0.2) is 6.23 Å². The fraction of sp³-hybridized carbons (Fsp3) is 0.364. The monoisotopic (exact) mass is 499 g/mol. The highest BCUT2D eigenvalue weighted by Crippen LogP contribution is 2.45. The molecular weight excluding hydrogens is 474 g/mol. The molecule has 1 aromatic carbocycles. The molecule has 1 aliphatic heterocycles. The maximum atomic E-state index is 13.7. The summed E-state index contributed by atoms with van der Waals surface area (Å²) in [6, 6.07) is 7.56. The number of sulfonamides is 1. The summed E-state index contributed by atoms with van der Waals surface area (Å²) >= 11 is 0. The molecule has 2 aliphatic rings. The van der Waals surface area contributed by atoms with Crippen LogP contribution in [-0.4, -0.2) is 44.9 Å². The fourth-order valence-corrected chi connectivity index (χ4v) is 5.50. The Labute approximate surface area is 201 Å². The number of nitrogens with two attached hydrogens (primary N) is 1. The maximum absolute atomic E-state index is 13.7. The van der Waals surface area contributed by atoms with Gasteiger partial charge in [-0.15, -0.1) is 0 Å². The van der Waals surface area contributed by atoms with Gasteiger partial charge in [0.05, 0.1) is 10.6 Å². The molecular formula is C22H25N7O5S. The summed E-state index contributed by atoms with van der Waals surface area (Å²) in [5.41, 5.74) is 2.96. The molecule has 0 bridgehead atoms. The summed E-state index contributed by atoms with van der Waals surface area (Å²) in [6.07, 6.45) is 3.94. The number of rotatable bonds is 4. The minimum atomic E-state index is -3.81. The van der Waals surface area contributed by atoms with E-state index in [1.807, 2.05) is 0 Å². The third-order valence-corrected chi connectivity index (χ3v) is 7.45. The molecule has 3 heterocycles. The van der Waals surface area contributed by atoms with Crippen molar-refractivity contribution < 1.29 is 23.1 Å². The first kappa shape index (κ1) is 23.2. The number of nitrogens with one attached hydrogen (secondary N) is 2. The molecule has 0 radical (unpaired) electrons. The van der Waals surface area contributed by atoms with Crippen LogP contribution in [0.3, 0.4) is 0 Å². The average Bonchev–Trinajstić information content (AvgIpc) is 3.21. The van der Waals surface area contributed by atoms with E-state index in [9.17, 15) is 23.1 Å². The van der Waals surface area contributed by atoms with Gasteiger partial charge in [-0.3, -0.25) is 15.0 Å². The smallest absolute Gasteiger partial charge is 0.270 e. The lowest BCUT2D eigenvalue weighted by molar-refractivity contribution is -0.171. The molecule has 35 heavy (non-hydrogen) atoms.